The molecule has 0 spiro atoms. The average molecular weight is 528 g/mol. The van der Waals surface area contributed by atoms with Crippen LogP contribution in [0.5, 0.6) is 11.5 Å². The van der Waals surface area contributed by atoms with Gasteiger partial charge in [-0.3, -0.25) is 9.59 Å². The van der Waals surface area contributed by atoms with Crippen molar-refractivity contribution in [1.82, 2.24) is 4.90 Å². The zero-order valence-electron chi connectivity index (χ0n) is 22.5. The van der Waals surface area contributed by atoms with E-state index in [1.807, 2.05) is 38.1 Å². The van der Waals surface area contributed by atoms with Gasteiger partial charge in [-0.15, -0.1) is 0 Å². The van der Waals surface area contributed by atoms with Gasteiger partial charge >= 0.3 is 5.97 Å². The summed E-state index contributed by atoms with van der Waals surface area (Å²) in [5, 5.41) is 0.433. The van der Waals surface area contributed by atoms with E-state index in [0.717, 1.165) is 16.7 Å². The quantitative estimate of drug-likeness (QED) is 0.312. The number of methoxy groups -OCH3 is 3. The molecular weight excluding hydrogens is 498 g/mol. The Morgan fingerprint density at radius 3 is 2.26 bits per heavy atom. The second kappa shape index (κ2) is 10.3. The number of fused-ring (bicyclic) bond motifs is 2. The number of esters is 1. The second-order valence-corrected chi connectivity index (χ2v) is 9.56. The van der Waals surface area contributed by atoms with Crippen molar-refractivity contribution in [3.8, 4) is 11.5 Å². The summed E-state index contributed by atoms with van der Waals surface area (Å²) in [5.74, 6) is 0.428. The lowest BCUT2D eigenvalue weighted by atomic mass is 9.96. The lowest BCUT2D eigenvalue weighted by molar-refractivity contribution is 0.0600. The number of hydrogen-bond acceptors (Lipinski definition) is 7. The molecule has 1 aliphatic heterocycles. The molecule has 0 saturated heterocycles. The third-order valence-electron chi connectivity index (χ3n) is 7.32. The number of aryl methyl sites for hydroxylation is 2. The Labute approximate surface area is 225 Å². The molecule has 1 aliphatic rings. The molecule has 4 aromatic rings. The summed E-state index contributed by atoms with van der Waals surface area (Å²) in [4.78, 5) is 41.3. The summed E-state index contributed by atoms with van der Waals surface area (Å²) in [6.45, 7) is 4.19. The molecule has 1 atom stereocenters. The first-order chi connectivity index (χ1) is 18.8. The van der Waals surface area contributed by atoms with E-state index in [1.54, 1.807) is 49.5 Å². The third-order valence-corrected chi connectivity index (χ3v) is 7.32. The smallest absolute Gasteiger partial charge is 0.337 e. The zero-order chi connectivity index (χ0) is 27.8. The van der Waals surface area contributed by atoms with Gasteiger partial charge in [0.2, 0.25) is 5.76 Å². The standard InChI is InChI=1S/C31H29NO7/c1-17-14-22-24(15-18(17)2)39-29-26(28(22)33)27(20-7-9-21(10-8-20)31(35)38-5)32(30(29)34)13-12-19-6-11-23(36-3)25(16-19)37-4/h6-11,14-16,27H,12-13H2,1-5H3. The van der Waals surface area contributed by atoms with Crippen LogP contribution >= 0.6 is 0 Å². The van der Waals surface area contributed by atoms with E-state index in [4.69, 9.17) is 18.6 Å². The molecule has 0 saturated carbocycles. The Hall–Kier alpha value is -4.59. The lowest BCUT2D eigenvalue weighted by Crippen LogP contribution is -2.31. The summed E-state index contributed by atoms with van der Waals surface area (Å²) in [5.41, 5.74) is 4.38. The lowest BCUT2D eigenvalue weighted by Gasteiger charge is -2.25. The van der Waals surface area contributed by atoms with Gasteiger partial charge in [-0.05, 0) is 78.9 Å². The van der Waals surface area contributed by atoms with Crippen LogP contribution in [0.15, 0.2) is 63.8 Å². The van der Waals surface area contributed by atoms with Crippen molar-refractivity contribution in [2.24, 2.45) is 0 Å². The summed E-state index contributed by atoms with van der Waals surface area (Å²) >= 11 is 0. The van der Waals surface area contributed by atoms with Crippen LogP contribution < -0.4 is 14.9 Å². The van der Waals surface area contributed by atoms with Crippen molar-refractivity contribution in [1.29, 1.82) is 0 Å². The number of benzene rings is 3. The third kappa shape index (κ3) is 4.52. The molecule has 0 N–H and O–H groups in total. The van der Waals surface area contributed by atoms with Gasteiger partial charge < -0.3 is 23.5 Å². The predicted molar refractivity (Wildman–Crippen MR) is 146 cm³/mol. The van der Waals surface area contributed by atoms with Gasteiger partial charge in [0.25, 0.3) is 5.91 Å². The van der Waals surface area contributed by atoms with Gasteiger partial charge in [0.1, 0.15) is 5.58 Å². The number of carbonyl (C=O) groups excluding carboxylic acids is 2. The predicted octanol–water partition coefficient (Wildman–Crippen LogP) is 5.00. The van der Waals surface area contributed by atoms with Crippen LogP contribution in [0, 0.1) is 13.8 Å². The fourth-order valence-electron chi connectivity index (χ4n) is 5.06. The normalized spacial score (nSPS) is 14.4. The zero-order valence-corrected chi connectivity index (χ0v) is 22.5. The van der Waals surface area contributed by atoms with Crippen LogP contribution in [0.3, 0.4) is 0 Å². The van der Waals surface area contributed by atoms with Gasteiger partial charge in [0, 0.05) is 6.54 Å². The number of amides is 1. The van der Waals surface area contributed by atoms with Crippen molar-refractivity contribution in [3.63, 3.8) is 0 Å². The Bertz CT molecular complexity index is 1650. The highest BCUT2D eigenvalue weighted by Gasteiger charge is 2.42. The van der Waals surface area contributed by atoms with E-state index in [0.29, 0.717) is 52.1 Å². The minimum atomic E-state index is -0.679. The second-order valence-electron chi connectivity index (χ2n) is 9.56. The minimum Gasteiger partial charge on any atom is -0.493 e. The number of rotatable bonds is 7. The maximum atomic E-state index is 13.9. The van der Waals surface area contributed by atoms with Crippen molar-refractivity contribution >= 4 is 22.8 Å². The maximum Gasteiger partial charge on any atom is 0.337 e. The Kier molecular flexibility index (Phi) is 6.87. The number of carbonyl (C=O) groups is 2. The monoisotopic (exact) mass is 527 g/mol. The molecule has 5 rings (SSSR count). The number of nitrogens with zero attached hydrogens (tertiary/aromatic N) is 1. The van der Waals surface area contributed by atoms with Crippen LogP contribution in [0.2, 0.25) is 0 Å². The Balaban J connectivity index is 1.60. The molecule has 8 heteroatoms. The Morgan fingerprint density at radius 1 is 0.897 bits per heavy atom. The van der Waals surface area contributed by atoms with Gasteiger partial charge in [0.05, 0.1) is 43.9 Å². The topological polar surface area (TPSA) is 95.3 Å². The van der Waals surface area contributed by atoms with Crippen LogP contribution in [-0.4, -0.2) is 44.7 Å². The molecule has 0 radical (unpaired) electrons. The van der Waals surface area contributed by atoms with Gasteiger partial charge in [-0.2, -0.15) is 0 Å². The summed E-state index contributed by atoms with van der Waals surface area (Å²) in [6.07, 6.45) is 0.503. The highest BCUT2D eigenvalue weighted by atomic mass is 16.5. The molecule has 1 aromatic heterocycles. The SMILES string of the molecule is COC(=O)c1ccc(C2c3c(oc4cc(C)c(C)cc4c3=O)C(=O)N2CCc2ccc(OC)c(OC)c2)cc1. The molecule has 3 aromatic carbocycles. The van der Waals surface area contributed by atoms with Gasteiger partial charge in [0.15, 0.2) is 16.9 Å². The highest BCUT2D eigenvalue weighted by Crippen LogP contribution is 2.39. The number of ether oxygens (including phenoxy) is 3. The van der Waals surface area contributed by atoms with Crippen molar-refractivity contribution in [2.75, 3.05) is 27.9 Å². The van der Waals surface area contributed by atoms with E-state index in [1.165, 1.54) is 7.11 Å². The molecule has 0 aliphatic carbocycles. The first kappa shape index (κ1) is 26.0. The fourth-order valence-corrected chi connectivity index (χ4v) is 5.06. The largest absolute Gasteiger partial charge is 0.493 e. The molecule has 200 valence electrons. The van der Waals surface area contributed by atoms with Crippen molar-refractivity contribution < 1.29 is 28.2 Å². The number of hydrogen-bond donors (Lipinski definition) is 0. The van der Waals surface area contributed by atoms with Crippen LogP contribution in [0.25, 0.3) is 11.0 Å². The molecule has 0 fully saturated rings. The van der Waals surface area contributed by atoms with Crippen LogP contribution in [-0.2, 0) is 11.2 Å². The molecule has 1 amide bonds. The van der Waals surface area contributed by atoms with Crippen LogP contribution in [0.4, 0.5) is 0 Å². The molecule has 2 heterocycles. The summed E-state index contributed by atoms with van der Waals surface area (Å²) in [7, 11) is 4.46. The highest BCUT2D eigenvalue weighted by molar-refractivity contribution is 5.99. The van der Waals surface area contributed by atoms with E-state index < -0.39 is 12.0 Å². The summed E-state index contributed by atoms with van der Waals surface area (Å²) < 4.78 is 21.7. The molecule has 8 nitrogen and oxygen atoms in total. The van der Waals surface area contributed by atoms with Gasteiger partial charge in [-0.1, -0.05) is 18.2 Å². The van der Waals surface area contributed by atoms with Gasteiger partial charge in [-0.25, -0.2) is 4.79 Å². The van der Waals surface area contributed by atoms with E-state index >= 15 is 0 Å². The molecule has 39 heavy (non-hydrogen) atoms. The minimum absolute atomic E-state index is 0.0464. The summed E-state index contributed by atoms with van der Waals surface area (Å²) in [6, 6.07) is 15.3. The van der Waals surface area contributed by atoms with E-state index in [2.05, 4.69) is 0 Å². The maximum absolute atomic E-state index is 13.9. The first-order valence-corrected chi connectivity index (χ1v) is 12.6. The molecule has 0 bridgehead atoms. The van der Waals surface area contributed by atoms with Crippen molar-refractivity contribution in [2.45, 2.75) is 26.3 Å². The molecular formula is C31H29NO7. The average Bonchev–Trinajstić information content (AvgIpc) is 3.23. The first-order valence-electron chi connectivity index (χ1n) is 12.6. The van der Waals surface area contributed by atoms with E-state index in [9.17, 15) is 14.4 Å². The van der Waals surface area contributed by atoms with E-state index in [-0.39, 0.29) is 17.1 Å². The molecule has 1 unspecified atom stereocenters. The Morgan fingerprint density at radius 2 is 1.59 bits per heavy atom. The van der Waals surface area contributed by atoms with Crippen molar-refractivity contribution in [3.05, 3.63) is 104 Å². The van der Waals surface area contributed by atoms with Crippen LogP contribution in [0.1, 0.15) is 54.8 Å². The fraction of sp³-hybridized carbons (Fsp3) is 0.258.